The molecule has 4 aromatic rings. The highest BCUT2D eigenvalue weighted by Crippen LogP contribution is 2.29. The summed E-state index contributed by atoms with van der Waals surface area (Å²) in [7, 11) is 0. The number of aliphatic hydroxyl groups is 1. The first-order chi connectivity index (χ1) is 15.1. The maximum atomic E-state index is 13.1. The van der Waals surface area contributed by atoms with Gasteiger partial charge in [0.05, 0.1) is 24.2 Å². The number of anilines is 1. The van der Waals surface area contributed by atoms with Crippen LogP contribution >= 0.6 is 0 Å². The van der Waals surface area contributed by atoms with E-state index in [2.05, 4.69) is 20.4 Å². The Kier molecular flexibility index (Phi) is 5.85. The number of imidazole rings is 1. The average Bonchev–Trinajstić information content (AvgIpc) is 3.11. The number of carbonyl (C=O) groups excluding carboxylic acids is 1. The third kappa shape index (κ3) is 4.36. The minimum absolute atomic E-state index is 0.0437. The molecule has 0 saturated heterocycles. The lowest BCUT2D eigenvalue weighted by molar-refractivity contribution is 0.101. The number of nitrogens with one attached hydrogen (secondary N) is 1. The second-order valence-corrected chi connectivity index (χ2v) is 6.77. The van der Waals surface area contributed by atoms with E-state index in [1.165, 1.54) is 16.6 Å². The largest absolute Gasteiger partial charge is 0.493 e. The van der Waals surface area contributed by atoms with Crippen molar-refractivity contribution in [3.8, 4) is 17.0 Å². The molecule has 1 amide bonds. The average molecular weight is 421 g/mol. The van der Waals surface area contributed by atoms with E-state index in [-0.39, 0.29) is 18.1 Å². The van der Waals surface area contributed by atoms with E-state index in [1.807, 2.05) is 24.3 Å². The number of para-hydroxylation sites is 1. The number of rotatable bonds is 7. The number of carbonyl (C=O) groups is 1. The lowest BCUT2D eigenvalue weighted by atomic mass is 10.1. The maximum absolute atomic E-state index is 13.1. The molecule has 4 rings (SSSR count). The van der Waals surface area contributed by atoms with Crippen molar-refractivity contribution in [2.45, 2.75) is 13.3 Å². The summed E-state index contributed by atoms with van der Waals surface area (Å²) in [6.45, 7) is 2.13. The minimum Gasteiger partial charge on any atom is -0.493 e. The van der Waals surface area contributed by atoms with Gasteiger partial charge in [-0.3, -0.25) is 4.79 Å². The van der Waals surface area contributed by atoms with Crippen LogP contribution in [0.2, 0.25) is 0 Å². The molecule has 158 valence electrons. The minimum atomic E-state index is -0.491. The Labute approximate surface area is 177 Å². The number of nitrogens with zero attached hydrogens (tertiary/aromatic N) is 4. The Hall–Kier alpha value is -3.85. The van der Waals surface area contributed by atoms with Gasteiger partial charge in [0, 0.05) is 18.6 Å². The standard InChI is InChI=1S/C22H20FN5O3/c1-14-21(22(30)26-19-9-7-15(23)13-24-19)28-20(25-14)10-8-17(27-28)16-5-2-3-6-18(16)31-12-4-11-29/h2-3,5-10,13,29H,4,11-12H2,1H3,(H,24,26,30). The third-order valence-electron chi connectivity index (χ3n) is 4.56. The van der Waals surface area contributed by atoms with Crippen LogP contribution in [-0.4, -0.2) is 43.8 Å². The van der Waals surface area contributed by atoms with Crippen LogP contribution < -0.4 is 10.1 Å². The number of amides is 1. The molecule has 0 fully saturated rings. The van der Waals surface area contributed by atoms with Gasteiger partial charge in [-0.2, -0.15) is 5.10 Å². The summed E-state index contributed by atoms with van der Waals surface area (Å²) >= 11 is 0. The quantitative estimate of drug-likeness (QED) is 0.444. The number of benzene rings is 1. The van der Waals surface area contributed by atoms with Gasteiger partial charge >= 0.3 is 0 Å². The molecule has 0 aliphatic heterocycles. The number of pyridine rings is 1. The number of ether oxygens (including phenoxy) is 1. The molecule has 9 heteroatoms. The number of aromatic nitrogens is 4. The molecule has 0 bridgehead atoms. The van der Waals surface area contributed by atoms with E-state index in [9.17, 15) is 9.18 Å². The predicted octanol–water partition coefficient (Wildman–Crippen LogP) is 3.25. The van der Waals surface area contributed by atoms with Crippen LogP contribution in [0.1, 0.15) is 22.6 Å². The van der Waals surface area contributed by atoms with Gasteiger partial charge in [0.2, 0.25) is 0 Å². The number of halogens is 1. The Morgan fingerprint density at radius 3 is 2.81 bits per heavy atom. The summed E-state index contributed by atoms with van der Waals surface area (Å²) in [5.74, 6) is -0.0999. The number of aryl methyl sites for hydroxylation is 1. The van der Waals surface area contributed by atoms with Crippen LogP contribution in [-0.2, 0) is 0 Å². The number of hydrogen-bond donors (Lipinski definition) is 2. The van der Waals surface area contributed by atoms with Gasteiger partial charge in [0.1, 0.15) is 17.4 Å². The van der Waals surface area contributed by atoms with Crippen molar-refractivity contribution >= 4 is 17.4 Å². The molecule has 0 spiro atoms. The highest BCUT2D eigenvalue weighted by Gasteiger charge is 2.19. The number of aliphatic hydroxyl groups excluding tert-OH is 1. The van der Waals surface area contributed by atoms with Crippen LogP contribution in [0.4, 0.5) is 10.2 Å². The highest BCUT2D eigenvalue weighted by atomic mass is 19.1. The number of hydrogen-bond acceptors (Lipinski definition) is 6. The summed E-state index contributed by atoms with van der Waals surface area (Å²) in [4.78, 5) is 21.2. The Bertz CT molecular complexity index is 1220. The molecule has 0 saturated carbocycles. The van der Waals surface area contributed by atoms with Gasteiger partial charge in [0.25, 0.3) is 5.91 Å². The van der Waals surface area contributed by atoms with Gasteiger partial charge in [-0.25, -0.2) is 18.9 Å². The molecule has 0 unspecified atom stereocenters. The SMILES string of the molecule is Cc1nc2ccc(-c3ccccc3OCCCO)nn2c1C(=O)Nc1ccc(F)cn1. The summed E-state index contributed by atoms with van der Waals surface area (Å²) in [6.07, 6.45) is 1.55. The highest BCUT2D eigenvalue weighted by molar-refractivity contribution is 6.03. The monoisotopic (exact) mass is 421 g/mol. The van der Waals surface area contributed by atoms with E-state index in [0.29, 0.717) is 35.8 Å². The molecule has 1 aromatic carbocycles. The first kappa shape index (κ1) is 20.4. The lowest BCUT2D eigenvalue weighted by Crippen LogP contribution is -2.17. The second kappa shape index (κ2) is 8.88. The van der Waals surface area contributed by atoms with Crippen molar-refractivity contribution in [1.29, 1.82) is 0 Å². The van der Waals surface area contributed by atoms with Crippen molar-refractivity contribution in [2.75, 3.05) is 18.5 Å². The molecule has 31 heavy (non-hydrogen) atoms. The first-order valence-corrected chi connectivity index (χ1v) is 9.69. The fraction of sp³-hybridized carbons (Fsp3) is 0.182. The van der Waals surface area contributed by atoms with Crippen LogP contribution in [0.15, 0.2) is 54.7 Å². The van der Waals surface area contributed by atoms with Gasteiger partial charge in [0.15, 0.2) is 11.3 Å². The molecule has 2 N–H and O–H groups in total. The maximum Gasteiger partial charge on any atom is 0.277 e. The van der Waals surface area contributed by atoms with E-state index >= 15 is 0 Å². The third-order valence-corrected chi connectivity index (χ3v) is 4.56. The molecule has 3 heterocycles. The normalized spacial score (nSPS) is 10.9. The van der Waals surface area contributed by atoms with E-state index in [0.717, 1.165) is 11.8 Å². The summed E-state index contributed by atoms with van der Waals surface area (Å²) in [6, 6.07) is 13.6. The van der Waals surface area contributed by atoms with E-state index in [1.54, 1.807) is 19.1 Å². The predicted molar refractivity (Wildman–Crippen MR) is 113 cm³/mol. The van der Waals surface area contributed by atoms with Crippen molar-refractivity contribution in [2.24, 2.45) is 0 Å². The fourth-order valence-corrected chi connectivity index (χ4v) is 3.12. The summed E-state index contributed by atoms with van der Waals surface area (Å²) in [5.41, 5.74) is 2.61. The van der Waals surface area contributed by atoms with Crippen molar-refractivity contribution in [1.82, 2.24) is 19.6 Å². The lowest BCUT2D eigenvalue weighted by Gasteiger charge is -2.11. The number of fused-ring (bicyclic) bond motifs is 1. The molecule has 0 aliphatic rings. The van der Waals surface area contributed by atoms with E-state index in [4.69, 9.17) is 9.84 Å². The zero-order valence-electron chi connectivity index (χ0n) is 16.7. The van der Waals surface area contributed by atoms with Gasteiger partial charge in [-0.05, 0) is 43.3 Å². The van der Waals surface area contributed by atoms with Crippen LogP contribution in [0.25, 0.3) is 16.9 Å². The van der Waals surface area contributed by atoms with Gasteiger partial charge < -0.3 is 15.2 Å². The summed E-state index contributed by atoms with van der Waals surface area (Å²) < 4.78 is 20.3. The van der Waals surface area contributed by atoms with Crippen LogP contribution in [0.5, 0.6) is 5.75 Å². The molecule has 0 atom stereocenters. The van der Waals surface area contributed by atoms with Crippen LogP contribution in [0.3, 0.4) is 0 Å². The van der Waals surface area contributed by atoms with E-state index < -0.39 is 11.7 Å². The smallest absolute Gasteiger partial charge is 0.277 e. The Balaban J connectivity index is 1.70. The van der Waals surface area contributed by atoms with Crippen LogP contribution in [0, 0.1) is 12.7 Å². The Morgan fingerprint density at radius 1 is 1.19 bits per heavy atom. The molecule has 0 aliphatic carbocycles. The Morgan fingerprint density at radius 2 is 2.03 bits per heavy atom. The van der Waals surface area contributed by atoms with Gasteiger partial charge in [-0.1, -0.05) is 12.1 Å². The molecular formula is C22H20FN5O3. The molecular weight excluding hydrogens is 401 g/mol. The zero-order chi connectivity index (χ0) is 21.8. The molecule has 3 aromatic heterocycles. The van der Waals surface area contributed by atoms with Crippen molar-refractivity contribution in [3.63, 3.8) is 0 Å². The van der Waals surface area contributed by atoms with Crippen molar-refractivity contribution in [3.05, 3.63) is 71.9 Å². The zero-order valence-corrected chi connectivity index (χ0v) is 16.7. The first-order valence-electron chi connectivity index (χ1n) is 9.69. The second-order valence-electron chi connectivity index (χ2n) is 6.77. The molecule has 0 radical (unpaired) electrons. The fourth-order valence-electron chi connectivity index (χ4n) is 3.12. The van der Waals surface area contributed by atoms with Crippen molar-refractivity contribution < 1.29 is 19.0 Å². The van der Waals surface area contributed by atoms with Gasteiger partial charge in [-0.15, -0.1) is 0 Å². The summed E-state index contributed by atoms with van der Waals surface area (Å²) in [5, 5.41) is 16.2. The molecule has 8 nitrogen and oxygen atoms in total. The topological polar surface area (TPSA) is 102 Å².